The number of benzene rings is 2. The zero-order valence-corrected chi connectivity index (χ0v) is 17.4. The summed E-state index contributed by atoms with van der Waals surface area (Å²) in [7, 11) is 0. The van der Waals surface area contributed by atoms with Gasteiger partial charge in [0, 0.05) is 29.9 Å². The van der Waals surface area contributed by atoms with Gasteiger partial charge < -0.3 is 9.47 Å². The summed E-state index contributed by atoms with van der Waals surface area (Å²) in [6.07, 6.45) is 4.47. The molecule has 0 saturated heterocycles. The third-order valence-corrected chi connectivity index (χ3v) is 4.61. The minimum Gasteiger partial charge on any atom is -0.456 e. The Labute approximate surface area is 176 Å². The molecule has 0 aliphatic heterocycles. The van der Waals surface area contributed by atoms with Crippen LogP contribution < -0.4 is 4.74 Å². The van der Waals surface area contributed by atoms with Crippen molar-refractivity contribution in [3.05, 3.63) is 99.4 Å². The van der Waals surface area contributed by atoms with Crippen LogP contribution in [0.5, 0.6) is 5.75 Å². The van der Waals surface area contributed by atoms with Gasteiger partial charge in [-0.05, 0) is 51.8 Å². The number of hydrogen-bond acceptors (Lipinski definition) is 4. The van der Waals surface area contributed by atoms with E-state index in [1.807, 2.05) is 42.5 Å². The van der Waals surface area contributed by atoms with Crippen LogP contribution in [-0.4, -0.2) is 11.0 Å². The monoisotopic (exact) mass is 457 g/mol. The number of esters is 1. The highest BCUT2D eigenvalue weighted by Crippen LogP contribution is 2.34. The Morgan fingerprint density at radius 3 is 2.57 bits per heavy atom. The summed E-state index contributed by atoms with van der Waals surface area (Å²) >= 11 is 9.49. The lowest BCUT2D eigenvalue weighted by atomic mass is 10.1. The summed E-state index contributed by atoms with van der Waals surface area (Å²) in [5.74, 6) is 0.578. The molecule has 0 fully saturated rings. The average molecular weight is 459 g/mol. The molecule has 0 radical (unpaired) electrons. The largest absolute Gasteiger partial charge is 0.456 e. The molecule has 28 heavy (non-hydrogen) atoms. The van der Waals surface area contributed by atoms with E-state index in [-0.39, 0.29) is 0 Å². The van der Waals surface area contributed by atoms with E-state index in [1.165, 1.54) is 6.92 Å². The topological polar surface area (TPSA) is 48.4 Å². The second-order valence-corrected chi connectivity index (χ2v) is 7.20. The molecule has 0 N–H and O–H groups in total. The Kier molecular flexibility index (Phi) is 6.85. The summed E-state index contributed by atoms with van der Waals surface area (Å²) in [5, 5.41) is 0.580. The third-order valence-electron chi connectivity index (χ3n) is 3.76. The molecular weight excluding hydrogens is 442 g/mol. The minimum atomic E-state index is -0.721. The lowest BCUT2D eigenvalue weighted by molar-refractivity contribution is -0.146. The Balaban J connectivity index is 2.07. The first kappa shape index (κ1) is 20.1. The van der Waals surface area contributed by atoms with Crippen molar-refractivity contribution in [3.63, 3.8) is 0 Å². The number of carbonyl (C=O) groups excluding carboxylic acids is 1. The van der Waals surface area contributed by atoms with E-state index in [9.17, 15) is 4.79 Å². The molecule has 4 nitrogen and oxygen atoms in total. The number of ether oxygens (including phenoxy) is 2. The van der Waals surface area contributed by atoms with Gasteiger partial charge in [0.1, 0.15) is 5.75 Å². The van der Waals surface area contributed by atoms with Crippen LogP contribution in [0.3, 0.4) is 0 Å². The number of pyridine rings is 1. The molecule has 142 valence electrons. The van der Waals surface area contributed by atoms with Gasteiger partial charge in [0.25, 0.3) is 0 Å². The van der Waals surface area contributed by atoms with Crippen molar-refractivity contribution in [3.8, 4) is 5.75 Å². The first-order chi connectivity index (χ1) is 13.5. The Morgan fingerprint density at radius 1 is 1.14 bits per heavy atom. The molecule has 2 aromatic carbocycles. The zero-order chi connectivity index (χ0) is 19.9. The highest BCUT2D eigenvalue weighted by Gasteiger charge is 2.23. The molecule has 6 heteroatoms. The molecule has 3 aromatic rings. The third kappa shape index (κ3) is 5.44. The molecule has 3 rings (SSSR count). The maximum atomic E-state index is 11.8. The van der Waals surface area contributed by atoms with Crippen LogP contribution in [0.2, 0.25) is 5.02 Å². The van der Waals surface area contributed by atoms with E-state index in [1.54, 1.807) is 36.7 Å². The summed E-state index contributed by atoms with van der Waals surface area (Å²) < 4.78 is 12.5. The molecule has 0 amide bonds. The fourth-order valence-corrected chi connectivity index (χ4v) is 3.32. The number of aromatic nitrogens is 1. The summed E-state index contributed by atoms with van der Waals surface area (Å²) in [6, 6.07) is 18.4. The molecule has 1 heterocycles. The van der Waals surface area contributed by atoms with E-state index < -0.39 is 12.1 Å². The van der Waals surface area contributed by atoms with Gasteiger partial charge >= 0.3 is 5.97 Å². The number of rotatable bonds is 6. The second-order valence-electron chi connectivity index (χ2n) is 5.91. The van der Waals surface area contributed by atoms with Gasteiger partial charge in [-0.2, -0.15) is 0 Å². The molecule has 1 unspecified atom stereocenters. The lowest BCUT2D eigenvalue weighted by Crippen LogP contribution is -2.15. The van der Waals surface area contributed by atoms with E-state index >= 15 is 0 Å². The average Bonchev–Trinajstić information content (AvgIpc) is 2.69. The Hall–Kier alpha value is -2.63. The lowest BCUT2D eigenvalue weighted by Gasteiger charge is -2.22. The van der Waals surface area contributed by atoms with Gasteiger partial charge in [0.05, 0.1) is 4.47 Å². The number of nitrogens with zero attached hydrogens (tertiary/aromatic N) is 1. The van der Waals surface area contributed by atoms with Gasteiger partial charge in [-0.3, -0.25) is 9.78 Å². The molecule has 0 aliphatic rings. The standard InChI is InChI=1S/C22H17BrClNO3/c1-15(26)27-22(17-7-3-2-4-8-17)21(12-16-6-5-11-25-14-16)28-20-10-9-18(24)13-19(20)23/h2-14,22H,1H3/b21-12+. The van der Waals surface area contributed by atoms with Crippen LogP contribution in [0, 0.1) is 0 Å². The highest BCUT2D eigenvalue weighted by molar-refractivity contribution is 9.10. The first-order valence-corrected chi connectivity index (χ1v) is 9.66. The van der Waals surface area contributed by atoms with E-state index in [4.69, 9.17) is 21.1 Å². The van der Waals surface area contributed by atoms with Crippen LogP contribution in [-0.2, 0) is 9.53 Å². The van der Waals surface area contributed by atoms with Crippen molar-refractivity contribution < 1.29 is 14.3 Å². The van der Waals surface area contributed by atoms with E-state index in [2.05, 4.69) is 20.9 Å². The first-order valence-electron chi connectivity index (χ1n) is 8.49. The highest BCUT2D eigenvalue weighted by atomic mass is 79.9. The van der Waals surface area contributed by atoms with Crippen molar-refractivity contribution in [2.24, 2.45) is 0 Å². The maximum absolute atomic E-state index is 11.8. The Bertz CT molecular complexity index is 978. The summed E-state index contributed by atoms with van der Waals surface area (Å²) in [5.41, 5.74) is 1.61. The molecule has 0 spiro atoms. The molecule has 1 aromatic heterocycles. The van der Waals surface area contributed by atoms with Crippen LogP contribution in [0.1, 0.15) is 24.2 Å². The maximum Gasteiger partial charge on any atom is 0.303 e. The Morgan fingerprint density at radius 2 is 1.93 bits per heavy atom. The number of hydrogen-bond donors (Lipinski definition) is 0. The SMILES string of the molecule is CC(=O)OC(/C(=C\c1cccnc1)Oc1ccc(Cl)cc1Br)c1ccccc1. The fourth-order valence-electron chi connectivity index (χ4n) is 2.55. The smallest absolute Gasteiger partial charge is 0.303 e. The van der Waals surface area contributed by atoms with Crippen molar-refractivity contribution in [1.82, 2.24) is 4.98 Å². The minimum absolute atomic E-state index is 0.412. The molecule has 1 atom stereocenters. The normalized spacial score (nSPS) is 12.3. The molecule has 0 bridgehead atoms. The van der Waals surface area contributed by atoms with Gasteiger partial charge in [-0.15, -0.1) is 0 Å². The van der Waals surface area contributed by atoms with Crippen molar-refractivity contribution in [2.45, 2.75) is 13.0 Å². The van der Waals surface area contributed by atoms with Gasteiger partial charge in [-0.25, -0.2) is 0 Å². The molecule has 0 saturated carbocycles. The zero-order valence-electron chi connectivity index (χ0n) is 15.0. The van der Waals surface area contributed by atoms with Crippen molar-refractivity contribution in [1.29, 1.82) is 0 Å². The molecule has 0 aliphatic carbocycles. The van der Waals surface area contributed by atoms with Crippen LogP contribution in [0.25, 0.3) is 6.08 Å². The second kappa shape index (κ2) is 9.53. The fraction of sp³-hybridized carbons (Fsp3) is 0.0909. The molecular formula is C22H17BrClNO3. The number of halogens is 2. The predicted octanol–water partition coefficient (Wildman–Crippen LogP) is 6.22. The van der Waals surface area contributed by atoms with E-state index in [0.29, 0.717) is 21.0 Å². The van der Waals surface area contributed by atoms with Gasteiger partial charge in [0.15, 0.2) is 11.9 Å². The van der Waals surface area contributed by atoms with Gasteiger partial charge in [0.2, 0.25) is 0 Å². The predicted molar refractivity (Wildman–Crippen MR) is 113 cm³/mol. The van der Waals surface area contributed by atoms with Crippen molar-refractivity contribution in [2.75, 3.05) is 0 Å². The van der Waals surface area contributed by atoms with Crippen LogP contribution >= 0.6 is 27.5 Å². The van der Waals surface area contributed by atoms with Crippen molar-refractivity contribution >= 4 is 39.6 Å². The van der Waals surface area contributed by atoms with Crippen LogP contribution in [0.4, 0.5) is 0 Å². The summed E-state index contributed by atoms with van der Waals surface area (Å²) in [6.45, 7) is 1.37. The number of carbonyl (C=O) groups is 1. The van der Waals surface area contributed by atoms with Gasteiger partial charge in [-0.1, -0.05) is 48.0 Å². The van der Waals surface area contributed by atoms with Crippen LogP contribution in [0.15, 0.2) is 83.3 Å². The quantitative estimate of drug-likeness (QED) is 0.325. The summed E-state index contributed by atoms with van der Waals surface area (Å²) in [4.78, 5) is 15.9. The van der Waals surface area contributed by atoms with E-state index in [0.717, 1.165) is 11.1 Å².